The van der Waals surface area contributed by atoms with Gasteiger partial charge < -0.3 is 15.7 Å². The van der Waals surface area contributed by atoms with Crippen molar-refractivity contribution in [3.63, 3.8) is 0 Å². The second-order valence-electron chi connectivity index (χ2n) is 4.31. The highest BCUT2D eigenvalue weighted by Crippen LogP contribution is 2.22. The number of nitrogens with zero attached hydrogens (tertiary/aromatic N) is 1. The number of nitrogens with one attached hydrogen (secondary N) is 2. The average Bonchev–Trinajstić information content (AvgIpc) is 2.42. The molecule has 0 fully saturated rings. The Kier molecular flexibility index (Phi) is 4.14. The number of benzene rings is 1. The first-order valence-electron chi connectivity index (χ1n) is 6.18. The van der Waals surface area contributed by atoms with Gasteiger partial charge in [0.2, 0.25) is 5.91 Å². The Hall–Kier alpha value is -2.63. The summed E-state index contributed by atoms with van der Waals surface area (Å²) in [6.07, 6.45) is 1.66. The zero-order valence-corrected chi connectivity index (χ0v) is 11.0. The summed E-state index contributed by atoms with van der Waals surface area (Å²) < 4.78 is 0. The summed E-state index contributed by atoms with van der Waals surface area (Å²) in [5, 5.41) is 16.4. The molecular formula is C14H15N3O3. The van der Waals surface area contributed by atoms with Crippen LogP contribution in [0.5, 0.6) is 0 Å². The van der Waals surface area contributed by atoms with Crippen molar-refractivity contribution in [2.24, 2.45) is 0 Å². The number of hydrogen-bond donors (Lipinski definition) is 3. The first kappa shape index (κ1) is 13.8. The Bertz CT molecular complexity index is 655. The molecular weight excluding hydrogens is 258 g/mol. The molecule has 0 radical (unpaired) electrons. The van der Waals surface area contributed by atoms with Crippen molar-refractivity contribution in [3.8, 4) is 0 Å². The van der Waals surface area contributed by atoms with Crippen LogP contribution in [-0.2, 0) is 4.79 Å². The fraction of sp³-hybridized carbons (Fsp3) is 0.214. The molecule has 0 unspecified atom stereocenters. The molecule has 3 N–H and O–H groups in total. The van der Waals surface area contributed by atoms with E-state index < -0.39 is 5.97 Å². The number of aromatic nitrogens is 1. The predicted molar refractivity (Wildman–Crippen MR) is 75.9 cm³/mol. The molecule has 6 heteroatoms. The van der Waals surface area contributed by atoms with Gasteiger partial charge in [-0.15, -0.1) is 0 Å². The highest BCUT2D eigenvalue weighted by atomic mass is 16.4. The van der Waals surface area contributed by atoms with E-state index in [1.807, 2.05) is 6.07 Å². The molecule has 0 aliphatic heterocycles. The van der Waals surface area contributed by atoms with Gasteiger partial charge in [-0.25, -0.2) is 9.78 Å². The van der Waals surface area contributed by atoms with Crippen molar-refractivity contribution in [2.75, 3.05) is 18.4 Å². The van der Waals surface area contributed by atoms with Crippen molar-refractivity contribution in [2.45, 2.75) is 6.92 Å². The number of carbonyl (C=O) groups excluding carboxylic acids is 1. The van der Waals surface area contributed by atoms with Crippen LogP contribution in [0.1, 0.15) is 17.3 Å². The van der Waals surface area contributed by atoms with Crippen molar-refractivity contribution < 1.29 is 14.7 Å². The van der Waals surface area contributed by atoms with Crippen molar-refractivity contribution in [1.29, 1.82) is 0 Å². The van der Waals surface area contributed by atoms with Crippen LogP contribution in [0.15, 0.2) is 30.5 Å². The highest BCUT2D eigenvalue weighted by molar-refractivity contribution is 5.98. The number of carboxylic acids is 1. The van der Waals surface area contributed by atoms with Crippen LogP contribution in [-0.4, -0.2) is 35.1 Å². The van der Waals surface area contributed by atoms with Crippen molar-refractivity contribution in [3.05, 3.63) is 36.0 Å². The number of anilines is 1. The summed E-state index contributed by atoms with van der Waals surface area (Å²) in [5.41, 5.74) is 0.218. The van der Waals surface area contributed by atoms with Crippen LogP contribution in [0.2, 0.25) is 0 Å². The fourth-order valence-electron chi connectivity index (χ4n) is 1.86. The van der Waals surface area contributed by atoms with Crippen LogP contribution in [0.25, 0.3) is 10.8 Å². The van der Waals surface area contributed by atoms with E-state index in [0.717, 1.165) is 10.8 Å². The maximum Gasteiger partial charge on any atom is 0.335 e. The molecule has 1 aromatic heterocycles. The van der Waals surface area contributed by atoms with Gasteiger partial charge in [-0.3, -0.25) is 4.79 Å². The molecule has 104 valence electrons. The molecule has 2 rings (SSSR count). The minimum Gasteiger partial charge on any atom is -0.478 e. The topological polar surface area (TPSA) is 91.3 Å². The maximum atomic E-state index is 11.0. The summed E-state index contributed by atoms with van der Waals surface area (Å²) >= 11 is 0. The van der Waals surface area contributed by atoms with E-state index in [9.17, 15) is 9.59 Å². The monoisotopic (exact) mass is 273 g/mol. The Balaban J connectivity index is 2.21. The van der Waals surface area contributed by atoms with Gasteiger partial charge in [-0.05, 0) is 23.6 Å². The number of hydrogen-bond acceptors (Lipinski definition) is 4. The lowest BCUT2D eigenvalue weighted by molar-refractivity contribution is -0.118. The smallest absolute Gasteiger partial charge is 0.335 e. The lowest BCUT2D eigenvalue weighted by Gasteiger charge is -2.09. The molecule has 0 atom stereocenters. The lowest BCUT2D eigenvalue weighted by atomic mass is 10.1. The van der Waals surface area contributed by atoms with Gasteiger partial charge >= 0.3 is 5.97 Å². The highest BCUT2D eigenvalue weighted by Gasteiger charge is 2.07. The lowest BCUT2D eigenvalue weighted by Crippen LogP contribution is -2.26. The van der Waals surface area contributed by atoms with Crippen molar-refractivity contribution >= 4 is 28.5 Å². The molecule has 6 nitrogen and oxygen atoms in total. The van der Waals surface area contributed by atoms with E-state index in [1.165, 1.54) is 6.92 Å². The molecule has 0 bridgehead atoms. The maximum absolute atomic E-state index is 11.0. The van der Waals surface area contributed by atoms with Crippen LogP contribution in [0.4, 0.5) is 5.82 Å². The van der Waals surface area contributed by atoms with Crippen LogP contribution >= 0.6 is 0 Å². The third-order valence-corrected chi connectivity index (χ3v) is 2.80. The second kappa shape index (κ2) is 6.01. The number of pyridine rings is 1. The summed E-state index contributed by atoms with van der Waals surface area (Å²) in [6, 6.07) is 6.72. The summed E-state index contributed by atoms with van der Waals surface area (Å²) in [4.78, 5) is 26.0. The fourth-order valence-corrected chi connectivity index (χ4v) is 1.86. The number of carboxylic acid groups (broad SMARTS) is 1. The van der Waals surface area contributed by atoms with E-state index in [1.54, 1.807) is 24.4 Å². The van der Waals surface area contributed by atoms with E-state index in [2.05, 4.69) is 15.6 Å². The first-order chi connectivity index (χ1) is 9.58. The van der Waals surface area contributed by atoms with Crippen LogP contribution in [0, 0.1) is 0 Å². The molecule has 1 aromatic carbocycles. The normalized spacial score (nSPS) is 10.2. The van der Waals surface area contributed by atoms with E-state index in [-0.39, 0.29) is 11.5 Å². The Labute approximate surface area is 115 Å². The van der Waals surface area contributed by atoms with Crippen LogP contribution in [0.3, 0.4) is 0 Å². The molecule has 0 spiro atoms. The Morgan fingerprint density at radius 2 is 2.05 bits per heavy atom. The molecule has 1 heterocycles. The minimum atomic E-state index is -0.972. The third-order valence-electron chi connectivity index (χ3n) is 2.80. The van der Waals surface area contributed by atoms with Crippen LogP contribution < -0.4 is 10.6 Å². The summed E-state index contributed by atoms with van der Waals surface area (Å²) in [7, 11) is 0. The zero-order valence-electron chi connectivity index (χ0n) is 11.0. The first-order valence-corrected chi connectivity index (χ1v) is 6.18. The summed E-state index contributed by atoms with van der Waals surface area (Å²) in [5.74, 6) is -0.457. The Morgan fingerprint density at radius 1 is 1.25 bits per heavy atom. The summed E-state index contributed by atoms with van der Waals surface area (Å²) in [6.45, 7) is 2.45. The van der Waals surface area contributed by atoms with E-state index in [4.69, 9.17) is 5.11 Å². The van der Waals surface area contributed by atoms with E-state index >= 15 is 0 Å². The van der Waals surface area contributed by atoms with Crippen molar-refractivity contribution in [1.82, 2.24) is 10.3 Å². The second-order valence-corrected chi connectivity index (χ2v) is 4.31. The molecule has 0 aliphatic carbocycles. The number of fused-ring (bicyclic) bond motifs is 1. The van der Waals surface area contributed by atoms with Gasteiger partial charge in [0.1, 0.15) is 5.82 Å². The third kappa shape index (κ3) is 3.23. The average molecular weight is 273 g/mol. The number of aromatic carboxylic acids is 1. The molecule has 2 aromatic rings. The molecule has 20 heavy (non-hydrogen) atoms. The SMILES string of the molecule is CC(=O)NCCNc1nccc2ccc(C(=O)O)cc12. The van der Waals surface area contributed by atoms with Gasteiger partial charge in [-0.2, -0.15) is 0 Å². The van der Waals surface area contributed by atoms with Gasteiger partial charge in [0.05, 0.1) is 5.56 Å². The molecule has 1 amide bonds. The van der Waals surface area contributed by atoms with Gasteiger partial charge in [0, 0.05) is 31.6 Å². The van der Waals surface area contributed by atoms with Gasteiger partial charge in [0.15, 0.2) is 0 Å². The standard InChI is InChI=1S/C14H15N3O3/c1-9(18)15-6-7-17-13-12-8-11(14(19)20)3-2-10(12)4-5-16-13/h2-5,8H,6-7H2,1H3,(H,15,18)(H,16,17)(H,19,20). The van der Waals surface area contributed by atoms with Gasteiger partial charge in [-0.1, -0.05) is 6.07 Å². The molecule has 0 aliphatic rings. The Morgan fingerprint density at radius 3 is 2.75 bits per heavy atom. The van der Waals surface area contributed by atoms with E-state index in [0.29, 0.717) is 18.9 Å². The predicted octanol–water partition coefficient (Wildman–Crippen LogP) is 1.48. The van der Waals surface area contributed by atoms with Gasteiger partial charge in [0.25, 0.3) is 0 Å². The molecule has 0 saturated heterocycles. The molecule has 0 saturated carbocycles. The number of carbonyl (C=O) groups is 2. The largest absolute Gasteiger partial charge is 0.478 e. The zero-order chi connectivity index (χ0) is 14.5. The minimum absolute atomic E-state index is 0.0918. The number of amides is 1. The number of rotatable bonds is 5. The quantitative estimate of drug-likeness (QED) is 0.718.